The molecule has 1 aromatic rings. The third-order valence-corrected chi connectivity index (χ3v) is 3.07. The summed E-state index contributed by atoms with van der Waals surface area (Å²) in [4.78, 5) is 22.6. The third kappa shape index (κ3) is 3.35. The van der Waals surface area contributed by atoms with E-state index in [2.05, 4.69) is 5.32 Å². The van der Waals surface area contributed by atoms with Crippen molar-refractivity contribution in [2.75, 3.05) is 6.61 Å². The van der Waals surface area contributed by atoms with E-state index in [1.54, 1.807) is 0 Å². The van der Waals surface area contributed by atoms with Crippen LogP contribution in [0.1, 0.15) is 47.8 Å². The van der Waals surface area contributed by atoms with Crippen molar-refractivity contribution in [1.29, 1.82) is 0 Å². The molecule has 104 valence electrons. The highest BCUT2D eigenvalue weighted by atomic mass is 16.5. The molecule has 0 aliphatic carbocycles. The van der Waals surface area contributed by atoms with Gasteiger partial charge in [-0.25, -0.2) is 4.79 Å². The second kappa shape index (κ2) is 5.05. The zero-order valence-electron chi connectivity index (χ0n) is 10.9. The van der Waals surface area contributed by atoms with E-state index in [0.717, 1.165) is 6.42 Å². The van der Waals surface area contributed by atoms with Gasteiger partial charge in [-0.3, -0.25) is 4.79 Å². The standard InChI is InChI=1S/C13H17NO5/c1-13(2)7-8(5-6-18-13)14-11(15)9-3-4-10(19-9)12(16)17/h3-4,8H,5-7H2,1-2H3,(H,14,15)(H,16,17). The second-order valence-electron chi connectivity index (χ2n) is 5.24. The normalized spacial score (nSPS) is 21.9. The lowest BCUT2D eigenvalue weighted by atomic mass is 9.94. The number of aromatic carboxylic acids is 1. The van der Waals surface area contributed by atoms with Gasteiger partial charge in [0.2, 0.25) is 5.76 Å². The van der Waals surface area contributed by atoms with E-state index >= 15 is 0 Å². The summed E-state index contributed by atoms with van der Waals surface area (Å²) in [6.07, 6.45) is 1.45. The summed E-state index contributed by atoms with van der Waals surface area (Å²) in [6, 6.07) is 2.64. The number of nitrogens with one attached hydrogen (secondary N) is 1. The van der Waals surface area contributed by atoms with Gasteiger partial charge in [0.1, 0.15) is 0 Å². The van der Waals surface area contributed by atoms with E-state index in [-0.39, 0.29) is 23.2 Å². The molecule has 1 unspecified atom stereocenters. The van der Waals surface area contributed by atoms with Crippen LogP contribution in [0.3, 0.4) is 0 Å². The van der Waals surface area contributed by atoms with Crippen LogP contribution in [0.5, 0.6) is 0 Å². The van der Waals surface area contributed by atoms with E-state index in [0.29, 0.717) is 13.0 Å². The summed E-state index contributed by atoms with van der Waals surface area (Å²) in [7, 11) is 0. The van der Waals surface area contributed by atoms with Crippen molar-refractivity contribution in [2.24, 2.45) is 0 Å². The lowest BCUT2D eigenvalue weighted by molar-refractivity contribution is -0.0616. The van der Waals surface area contributed by atoms with Gasteiger partial charge in [-0.2, -0.15) is 0 Å². The molecule has 0 bridgehead atoms. The van der Waals surface area contributed by atoms with Crippen LogP contribution < -0.4 is 5.32 Å². The van der Waals surface area contributed by atoms with E-state index < -0.39 is 11.9 Å². The van der Waals surface area contributed by atoms with Crippen molar-refractivity contribution >= 4 is 11.9 Å². The van der Waals surface area contributed by atoms with Gasteiger partial charge in [0.15, 0.2) is 5.76 Å². The van der Waals surface area contributed by atoms with Crippen LogP contribution in [0, 0.1) is 0 Å². The molecule has 0 saturated carbocycles. The van der Waals surface area contributed by atoms with Crippen LogP contribution in [0.25, 0.3) is 0 Å². The molecule has 6 nitrogen and oxygen atoms in total. The quantitative estimate of drug-likeness (QED) is 0.869. The van der Waals surface area contributed by atoms with Gasteiger partial charge >= 0.3 is 5.97 Å². The van der Waals surface area contributed by atoms with Crippen LogP contribution >= 0.6 is 0 Å². The van der Waals surface area contributed by atoms with Crippen LogP contribution in [0.15, 0.2) is 16.5 Å². The van der Waals surface area contributed by atoms with Crippen LogP contribution in [-0.4, -0.2) is 35.2 Å². The van der Waals surface area contributed by atoms with Crippen molar-refractivity contribution in [3.05, 3.63) is 23.7 Å². The minimum Gasteiger partial charge on any atom is -0.475 e. The smallest absolute Gasteiger partial charge is 0.371 e. The topological polar surface area (TPSA) is 88.8 Å². The Morgan fingerprint density at radius 3 is 2.63 bits per heavy atom. The first-order valence-electron chi connectivity index (χ1n) is 6.15. The van der Waals surface area contributed by atoms with E-state index in [1.165, 1.54) is 12.1 Å². The summed E-state index contributed by atoms with van der Waals surface area (Å²) in [5.74, 6) is -1.80. The summed E-state index contributed by atoms with van der Waals surface area (Å²) in [5, 5.41) is 11.6. The van der Waals surface area contributed by atoms with Gasteiger partial charge in [-0.15, -0.1) is 0 Å². The highest BCUT2D eigenvalue weighted by molar-refractivity contribution is 5.93. The van der Waals surface area contributed by atoms with Crippen LogP contribution in [0.4, 0.5) is 0 Å². The number of carbonyl (C=O) groups excluding carboxylic acids is 1. The zero-order chi connectivity index (χ0) is 14.0. The SMILES string of the molecule is CC1(C)CC(NC(=O)c2ccc(C(=O)O)o2)CCO1. The van der Waals surface area contributed by atoms with Gasteiger partial charge in [0.05, 0.1) is 5.60 Å². The monoisotopic (exact) mass is 267 g/mol. The maximum absolute atomic E-state index is 11.9. The number of carbonyl (C=O) groups is 2. The number of rotatable bonds is 3. The highest BCUT2D eigenvalue weighted by Gasteiger charge is 2.30. The lowest BCUT2D eigenvalue weighted by Gasteiger charge is -2.35. The molecule has 0 spiro atoms. The maximum Gasteiger partial charge on any atom is 0.371 e. The van der Waals surface area contributed by atoms with Crippen molar-refractivity contribution in [1.82, 2.24) is 5.32 Å². The fraction of sp³-hybridized carbons (Fsp3) is 0.538. The molecule has 19 heavy (non-hydrogen) atoms. The molecular formula is C13H17NO5. The average molecular weight is 267 g/mol. The first-order chi connectivity index (χ1) is 8.87. The number of carboxylic acids is 1. The molecule has 2 N–H and O–H groups in total. The number of furan rings is 1. The molecule has 2 rings (SSSR count). The Morgan fingerprint density at radius 2 is 2.05 bits per heavy atom. The van der Waals surface area contributed by atoms with E-state index in [1.807, 2.05) is 13.8 Å². The molecule has 1 atom stereocenters. The lowest BCUT2D eigenvalue weighted by Crippen LogP contribution is -2.45. The molecule has 2 heterocycles. The summed E-state index contributed by atoms with van der Waals surface area (Å²) in [6.45, 7) is 4.54. The summed E-state index contributed by atoms with van der Waals surface area (Å²) < 4.78 is 10.5. The largest absolute Gasteiger partial charge is 0.475 e. The number of ether oxygens (including phenoxy) is 1. The fourth-order valence-corrected chi connectivity index (χ4v) is 2.19. The molecule has 1 fully saturated rings. The Hall–Kier alpha value is -1.82. The Balaban J connectivity index is 1.98. The van der Waals surface area contributed by atoms with Gasteiger partial charge < -0.3 is 19.6 Å². The predicted molar refractivity (Wildman–Crippen MR) is 66.2 cm³/mol. The molecule has 1 aromatic heterocycles. The maximum atomic E-state index is 11.9. The molecule has 0 radical (unpaired) electrons. The average Bonchev–Trinajstić information content (AvgIpc) is 2.76. The van der Waals surface area contributed by atoms with Gasteiger partial charge in [0, 0.05) is 12.6 Å². The molecule has 1 aliphatic heterocycles. The molecular weight excluding hydrogens is 250 g/mol. The highest BCUT2D eigenvalue weighted by Crippen LogP contribution is 2.24. The zero-order valence-corrected chi connectivity index (χ0v) is 10.9. The minimum atomic E-state index is -1.19. The van der Waals surface area contributed by atoms with E-state index in [9.17, 15) is 9.59 Å². The summed E-state index contributed by atoms with van der Waals surface area (Å²) in [5.41, 5.74) is -0.258. The first-order valence-corrected chi connectivity index (χ1v) is 6.15. The Bertz CT molecular complexity index is 491. The molecule has 1 saturated heterocycles. The second-order valence-corrected chi connectivity index (χ2v) is 5.24. The van der Waals surface area contributed by atoms with Gasteiger partial charge in [0.25, 0.3) is 5.91 Å². The van der Waals surface area contributed by atoms with Crippen molar-refractivity contribution in [2.45, 2.75) is 38.3 Å². The summed E-state index contributed by atoms with van der Waals surface area (Å²) >= 11 is 0. The molecule has 0 aromatic carbocycles. The van der Waals surface area contributed by atoms with Gasteiger partial charge in [-0.05, 0) is 38.8 Å². The van der Waals surface area contributed by atoms with Crippen molar-refractivity contribution in [3.63, 3.8) is 0 Å². The molecule has 1 aliphatic rings. The van der Waals surface area contributed by atoms with Crippen molar-refractivity contribution in [3.8, 4) is 0 Å². The predicted octanol–water partition coefficient (Wildman–Crippen LogP) is 1.67. The van der Waals surface area contributed by atoms with Crippen LogP contribution in [0.2, 0.25) is 0 Å². The Kier molecular flexibility index (Phi) is 3.61. The van der Waals surface area contributed by atoms with Crippen molar-refractivity contribution < 1.29 is 23.8 Å². The number of hydrogen-bond donors (Lipinski definition) is 2. The Morgan fingerprint density at radius 1 is 1.37 bits per heavy atom. The van der Waals surface area contributed by atoms with Crippen LogP contribution in [-0.2, 0) is 4.74 Å². The third-order valence-electron chi connectivity index (χ3n) is 3.07. The van der Waals surface area contributed by atoms with Gasteiger partial charge in [-0.1, -0.05) is 0 Å². The molecule has 6 heteroatoms. The fourth-order valence-electron chi connectivity index (χ4n) is 2.19. The number of carboxylic acid groups (broad SMARTS) is 1. The number of amides is 1. The number of hydrogen-bond acceptors (Lipinski definition) is 4. The Labute approximate surface area is 110 Å². The molecule has 1 amide bonds. The first kappa shape index (κ1) is 13.6. The minimum absolute atomic E-state index is 0.00891. The van der Waals surface area contributed by atoms with E-state index in [4.69, 9.17) is 14.3 Å².